The molecule has 0 aliphatic heterocycles. The number of rotatable bonds is 3. The lowest BCUT2D eigenvalue weighted by atomic mass is 10.2. The number of hydrogen-bond acceptors (Lipinski definition) is 3. The van der Waals surface area contributed by atoms with Gasteiger partial charge < -0.3 is 15.4 Å². The van der Waals surface area contributed by atoms with Gasteiger partial charge in [0.2, 0.25) is 0 Å². The molecule has 0 amide bonds. The Morgan fingerprint density at radius 1 is 1.28 bits per heavy atom. The van der Waals surface area contributed by atoms with Crippen LogP contribution in [-0.4, -0.2) is 21.3 Å². The monoisotopic (exact) mass is 257 g/mol. The van der Waals surface area contributed by atoms with Crippen LogP contribution in [0.2, 0.25) is 0 Å². The maximum Gasteiger partial charge on any atom is 0.194 e. The summed E-state index contributed by atoms with van der Waals surface area (Å²) in [7, 11) is 0. The fraction of sp³-hybridized carbons (Fsp3) is 0.182. The zero-order valence-electron chi connectivity index (χ0n) is 9.15. The zero-order valence-corrected chi connectivity index (χ0v) is 9.15. The number of imidazole rings is 1. The minimum atomic E-state index is -1.54. The van der Waals surface area contributed by atoms with Crippen LogP contribution in [0.25, 0.3) is 5.69 Å². The summed E-state index contributed by atoms with van der Waals surface area (Å²) in [5.74, 6) is -4.14. The van der Waals surface area contributed by atoms with Crippen LogP contribution >= 0.6 is 0 Å². The normalized spacial score (nSPS) is 12.7. The molecule has 1 aromatic carbocycles. The topological polar surface area (TPSA) is 64.1 Å². The van der Waals surface area contributed by atoms with Gasteiger partial charge >= 0.3 is 0 Å². The molecule has 2 aromatic rings. The van der Waals surface area contributed by atoms with E-state index in [0.717, 1.165) is 12.1 Å². The van der Waals surface area contributed by atoms with Crippen molar-refractivity contribution in [3.63, 3.8) is 0 Å². The Balaban J connectivity index is 2.53. The third-order valence-electron chi connectivity index (χ3n) is 2.49. The lowest BCUT2D eigenvalue weighted by Gasteiger charge is -2.12. The van der Waals surface area contributed by atoms with Crippen LogP contribution < -0.4 is 5.73 Å². The van der Waals surface area contributed by atoms with E-state index in [9.17, 15) is 13.2 Å². The Morgan fingerprint density at radius 3 is 2.44 bits per heavy atom. The standard InChI is InChI=1S/C11H10F3N3O/c12-7-1-6(2-8(13)11(7)14)17-5-16-3-10(17)9(15)4-18/h1-3,5,9,18H,4,15H2. The van der Waals surface area contributed by atoms with E-state index in [4.69, 9.17) is 10.8 Å². The number of halogens is 3. The summed E-state index contributed by atoms with van der Waals surface area (Å²) in [4.78, 5) is 3.78. The van der Waals surface area contributed by atoms with E-state index in [0.29, 0.717) is 5.69 Å². The van der Waals surface area contributed by atoms with Gasteiger partial charge in [0.1, 0.15) is 0 Å². The molecule has 0 saturated carbocycles. The van der Waals surface area contributed by atoms with Crippen LogP contribution in [-0.2, 0) is 0 Å². The largest absolute Gasteiger partial charge is 0.394 e. The molecule has 0 spiro atoms. The van der Waals surface area contributed by atoms with Crippen molar-refractivity contribution in [2.75, 3.05) is 6.61 Å². The second kappa shape index (κ2) is 4.79. The minimum absolute atomic E-state index is 0.0443. The minimum Gasteiger partial charge on any atom is -0.394 e. The molecule has 96 valence electrons. The van der Waals surface area contributed by atoms with E-state index in [2.05, 4.69) is 4.98 Å². The molecule has 0 aliphatic carbocycles. The highest BCUT2D eigenvalue weighted by Crippen LogP contribution is 2.20. The second-order valence-corrected chi connectivity index (χ2v) is 3.70. The van der Waals surface area contributed by atoms with Crippen molar-refractivity contribution in [2.45, 2.75) is 6.04 Å². The molecule has 18 heavy (non-hydrogen) atoms. The lowest BCUT2D eigenvalue weighted by molar-refractivity contribution is 0.265. The highest BCUT2D eigenvalue weighted by molar-refractivity contribution is 5.36. The molecule has 1 aromatic heterocycles. The molecule has 0 fully saturated rings. The molecule has 2 rings (SSSR count). The molecule has 0 bridgehead atoms. The fourth-order valence-corrected chi connectivity index (χ4v) is 1.57. The van der Waals surface area contributed by atoms with Gasteiger partial charge in [0.25, 0.3) is 0 Å². The number of benzene rings is 1. The number of nitrogens with zero attached hydrogens (tertiary/aromatic N) is 2. The van der Waals surface area contributed by atoms with Gasteiger partial charge in [0.15, 0.2) is 17.5 Å². The summed E-state index contributed by atoms with van der Waals surface area (Å²) >= 11 is 0. The van der Waals surface area contributed by atoms with Gasteiger partial charge in [0, 0.05) is 12.1 Å². The van der Waals surface area contributed by atoms with E-state index >= 15 is 0 Å². The molecule has 0 aliphatic rings. The summed E-state index contributed by atoms with van der Waals surface area (Å²) in [5, 5.41) is 8.96. The van der Waals surface area contributed by atoms with Gasteiger partial charge in [-0.2, -0.15) is 0 Å². The number of nitrogens with two attached hydrogens (primary N) is 1. The molecule has 1 heterocycles. The van der Waals surface area contributed by atoms with Crippen LogP contribution in [0.1, 0.15) is 11.7 Å². The first kappa shape index (κ1) is 12.6. The predicted octanol–water partition coefficient (Wildman–Crippen LogP) is 1.28. The lowest BCUT2D eigenvalue weighted by Crippen LogP contribution is -2.18. The first-order chi connectivity index (χ1) is 8.54. The smallest absolute Gasteiger partial charge is 0.194 e. The summed E-state index contributed by atoms with van der Waals surface area (Å²) in [6, 6.07) is 0.908. The van der Waals surface area contributed by atoms with Gasteiger partial charge in [-0.15, -0.1) is 0 Å². The molecule has 1 unspecified atom stereocenters. The maximum absolute atomic E-state index is 13.1. The van der Waals surface area contributed by atoms with Crippen molar-refractivity contribution in [2.24, 2.45) is 5.73 Å². The fourth-order valence-electron chi connectivity index (χ4n) is 1.57. The van der Waals surface area contributed by atoms with Gasteiger partial charge in [-0.1, -0.05) is 0 Å². The third-order valence-corrected chi connectivity index (χ3v) is 2.49. The molecule has 4 nitrogen and oxygen atoms in total. The number of hydrogen-bond donors (Lipinski definition) is 2. The molecule has 0 saturated heterocycles. The van der Waals surface area contributed by atoms with Crippen LogP contribution in [0.15, 0.2) is 24.7 Å². The Morgan fingerprint density at radius 2 is 1.89 bits per heavy atom. The predicted molar refractivity (Wildman–Crippen MR) is 57.5 cm³/mol. The first-order valence-corrected chi connectivity index (χ1v) is 5.08. The average molecular weight is 257 g/mol. The Kier molecular flexibility index (Phi) is 3.35. The average Bonchev–Trinajstić information content (AvgIpc) is 2.83. The third kappa shape index (κ3) is 2.09. The molecule has 0 radical (unpaired) electrons. The molecule has 1 atom stereocenters. The SMILES string of the molecule is NC(CO)c1cncn1-c1cc(F)c(F)c(F)c1. The van der Waals surface area contributed by atoms with Crippen molar-refractivity contribution in [1.82, 2.24) is 9.55 Å². The van der Waals surface area contributed by atoms with Crippen LogP contribution in [0.4, 0.5) is 13.2 Å². The van der Waals surface area contributed by atoms with E-state index in [1.54, 1.807) is 0 Å². The van der Waals surface area contributed by atoms with E-state index in [1.807, 2.05) is 0 Å². The highest BCUT2D eigenvalue weighted by Gasteiger charge is 2.16. The van der Waals surface area contributed by atoms with Crippen LogP contribution in [0, 0.1) is 17.5 Å². The first-order valence-electron chi connectivity index (χ1n) is 5.08. The van der Waals surface area contributed by atoms with Gasteiger partial charge in [0.05, 0.1) is 36.6 Å². The highest BCUT2D eigenvalue weighted by atomic mass is 19.2. The summed E-state index contributed by atoms with van der Waals surface area (Å²) in [6.07, 6.45) is 2.64. The molecule has 7 heteroatoms. The Hall–Kier alpha value is -1.86. The molecular formula is C11H10F3N3O. The number of aliphatic hydroxyl groups is 1. The van der Waals surface area contributed by atoms with Crippen molar-refractivity contribution in [3.8, 4) is 5.69 Å². The zero-order chi connectivity index (χ0) is 13.3. The van der Waals surface area contributed by atoms with E-state index < -0.39 is 23.5 Å². The van der Waals surface area contributed by atoms with Gasteiger partial charge in [-0.05, 0) is 0 Å². The summed E-state index contributed by atoms with van der Waals surface area (Å²) < 4.78 is 40.4. The number of aliphatic hydroxyl groups excluding tert-OH is 1. The maximum atomic E-state index is 13.1. The quantitative estimate of drug-likeness (QED) is 0.814. The van der Waals surface area contributed by atoms with E-state index in [-0.39, 0.29) is 12.3 Å². The van der Waals surface area contributed by atoms with Gasteiger partial charge in [-0.3, -0.25) is 0 Å². The van der Waals surface area contributed by atoms with Crippen molar-refractivity contribution in [3.05, 3.63) is 47.8 Å². The van der Waals surface area contributed by atoms with Gasteiger partial charge in [-0.25, -0.2) is 18.2 Å². The van der Waals surface area contributed by atoms with Crippen LogP contribution in [0.3, 0.4) is 0 Å². The summed E-state index contributed by atoms with van der Waals surface area (Å²) in [5.41, 5.74) is 6.02. The summed E-state index contributed by atoms with van der Waals surface area (Å²) in [6.45, 7) is -0.349. The Labute approximate surface area is 100 Å². The molecule has 3 N–H and O–H groups in total. The van der Waals surface area contributed by atoms with Crippen molar-refractivity contribution in [1.29, 1.82) is 0 Å². The second-order valence-electron chi connectivity index (χ2n) is 3.70. The van der Waals surface area contributed by atoms with Crippen molar-refractivity contribution >= 4 is 0 Å². The molecular weight excluding hydrogens is 247 g/mol. The van der Waals surface area contributed by atoms with E-state index in [1.165, 1.54) is 17.1 Å². The number of aromatic nitrogens is 2. The van der Waals surface area contributed by atoms with Crippen molar-refractivity contribution < 1.29 is 18.3 Å². The Bertz CT molecular complexity index is 547. The van der Waals surface area contributed by atoms with Crippen LogP contribution in [0.5, 0.6) is 0 Å².